The molecule has 3 nitrogen and oxygen atoms in total. The van der Waals surface area contributed by atoms with E-state index in [1.165, 1.54) is 16.7 Å². The van der Waals surface area contributed by atoms with Gasteiger partial charge in [-0.3, -0.25) is 9.97 Å². The van der Waals surface area contributed by atoms with Crippen molar-refractivity contribution in [3.05, 3.63) is 137 Å². The van der Waals surface area contributed by atoms with E-state index >= 15 is 0 Å². The van der Waals surface area contributed by atoms with E-state index in [-0.39, 0.29) is 22.9 Å². The highest BCUT2D eigenvalue weighted by atomic mass is 28.3. The van der Waals surface area contributed by atoms with E-state index in [9.17, 15) is 5.48 Å². The Morgan fingerprint density at radius 1 is 0.525 bits per heavy atom. The van der Waals surface area contributed by atoms with Crippen LogP contribution in [0, 0.1) is 0 Å². The minimum atomic E-state index is -2.23. The molecule has 61 heavy (non-hydrogen) atoms. The van der Waals surface area contributed by atoms with Gasteiger partial charge in [-0.1, -0.05) is 152 Å². The Labute approximate surface area is 376 Å². The normalized spacial score (nSPS) is 13.9. The van der Waals surface area contributed by atoms with Crippen molar-refractivity contribution >= 4 is 13.3 Å². The lowest BCUT2D eigenvalue weighted by molar-refractivity contribution is 0.475. The largest absolute Gasteiger partial charge is 0.457 e. The molecule has 0 unspecified atom stereocenters. The molecule has 0 saturated carbocycles. The van der Waals surface area contributed by atoms with Crippen molar-refractivity contribution in [1.29, 1.82) is 0 Å². The van der Waals surface area contributed by atoms with Gasteiger partial charge in [0.25, 0.3) is 0 Å². The summed E-state index contributed by atoms with van der Waals surface area (Å²) in [5.74, 6) is -0.221. The molecule has 2 heterocycles. The van der Waals surface area contributed by atoms with Crippen LogP contribution in [-0.4, -0.2) is 18.0 Å². The molecule has 0 N–H and O–H groups in total. The molecule has 0 aliphatic heterocycles. The molecule has 0 aliphatic carbocycles. The van der Waals surface area contributed by atoms with Gasteiger partial charge in [-0.05, 0) is 151 Å². The predicted molar refractivity (Wildman–Crippen MR) is 267 cm³/mol. The van der Waals surface area contributed by atoms with Crippen molar-refractivity contribution in [2.45, 2.75) is 151 Å². The lowest BCUT2D eigenvalue weighted by atomic mass is 9.84. The third-order valence-electron chi connectivity index (χ3n) is 11.6. The van der Waals surface area contributed by atoms with E-state index in [2.05, 4.69) is 150 Å². The number of nitrogens with zero attached hydrogens (tertiary/aromatic N) is 2. The highest BCUT2D eigenvalue weighted by Crippen LogP contribution is 2.42. The molecule has 0 amide bonds. The van der Waals surface area contributed by atoms with Gasteiger partial charge in [0, 0.05) is 26.3 Å². The van der Waals surface area contributed by atoms with Crippen LogP contribution in [-0.2, 0) is 10.8 Å². The molecule has 0 fully saturated rings. The molecular formula is C57H72N2OSi. The maximum atomic E-state index is 9.56. The van der Waals surface area contributed by atoms with Crippen LogP contribution in [0.3, 0.4) is 0 Å². The molecule has 6 rings (SSSR count). The minimum Gasteiger partial charge on any atom is -0.457 e. The zero-order valence-electron chi connectivity index (χ0n) is 44.1. The summed E-state index contributed by atoms with van der Waals surface area (Å²) < 4.78 is 44.8. The molecule has 0 spiro atoms. The summed E-state index contributed by atoms with van der Waals surface area (Å²) in [5.41, 5.74) is 12.8. The van der Waals surface area contributed by atoms with E-state index in [4.69, 9.17) is 14.7 Å². The van der Waals surface area contributed by atoms with E-state index in [0.29, 0.717) is 50.9 Å². The Kier molecular flexibility index (Phi) is 11.6. The summed E-state index contributed by atoms with van der Waals surface area (Å²) >= 11 is 0. The lowest BCUT2D eigenvalue weighted by Gasteiger charge is -2.26. The van der Waals surface area contributed by atoms with Gasteiger partial charge in [-0.25, -0.2) is 0 Å². The molecule has 0 atom stereocenters. The summed E-state index contributed by atoms with van der Waals surface area (Å²) in [4.78, 5) is 9.86. The molecule has 0 saturated heterocycles. The first-order chi connectivity index (χ1) is 29.9. The number of ether oxygens (including phenoxy) is 1. The zero-order chi connectivity index (χ0) is 48.4. The van der Waals surface area contributed by atoms with Gasteiger partial charge >= 0.3 is 0 Å². The first-order valence-corrected chi connectivity index (χ1v) is 25.6. The van der Waals surface area contributed by atoms with E-state index in [1.54, 1.807) is 6.20 Å². The molecule has 4 heteroatoms. The lowest BCUT2D eigenvalue weighted by Crippen LogP contribution is -2.38. The van der Waals surface area contributed by atoms with Crippen molar-refractivity contribution in [1.82, 2.24) is 9.97 Å². The van der Waals surface area contributed by atoms with Gasteiger partial charge < -0.3 is 4.74 Å². The second-order valence-corrected chi connectivity index (χ2v) is 26.1. The fourth-order valence-corrected chi connectivity index (χ4v) is 8.93. The standard InChI is InChI=1S/C57H72N2OSi/c1-35(2)48-19-18-20-49(36(3)4)54(48)39-21-23-58-52(29-39)41-25-43(56(9,10)11)31-45(27-41)60-46-28-42(26-44(32-46)57(12,13)14)53-30-40(22-24-59-53)55-50(37(5)6)33-47(61(15,16)17)34-51(55)38(7)8/h18-38H,1-17H3/i33D,34D,37D,38D. The number of rotatable bonds is 11. The van der Waals surface area contributed by atoms with Crippen LogP contribution >= 0.6 is 0 Å². The maximum absolute atomic E-state index is 9.56. The summed E-state index contributed by atoms with van der Waals surface area (Å²) in [5, 5.41) is 0.694. The smallest absolute Gasteiger partial charge is 0.128 e. The van der Waals surface area contributed by atoms with E-state index in [1.807, 2.05) is 52.1 Å². The SMILES string of the molecule is [2H]c1c(C([2H])(C)C)c(-c2ccnc(-c3cc(Oc4cc(-c5cc(-c6c(C(C)C)cccc6C(C)C)ccn5)cc(C(C)(C)C)c4)cc(C(C)(C)C)c3)c2)c(C([2H])(C)C)c([2H])c1[Si](C)(C)C. The Morgan fingerprint density at radius 2 is 0.918 bits per heavy atom. The number of aromatic nitrogens is 2. The topological polar surface area (TPSA) is 35.0 Å². The minimum absolute atomic E-state index is 0.173. The molecule has 6 aromatic rings. The molecule has 0 bridgehead atoms. The van der Waals surface area contributed by atoms with Crippen molar-refractivity contribution in [3.8, 4) is 56.3 Å². The van der Waals surface area contributed by atoms with Crippen LogP contribution in [0.15, 0.2) is 103 Å². The van der Waals surface area contributed by atoms with Crippen molar-refractivity contribution in [3.63, 3.8) is 0 Å². The predicted octanol–water partition coefficient (Wildman–Crippen LogP) is 16.6. The van der Waals surface area contributed by atoms with Gasteiger partial charge in [-0.2, -0.15) is 0 Å². The third kappa shape index (κ3) is 10.3. The molecule has 0 aliphatic rings. The second-order valence-electron chi connectivity index (χ2n) is 21.1. The first kappa shape index (κ1) is 40.3. The molecule has 320 valence electrons. The van der Waals surface area contributed by atoms with E-state index < -0.39 is 19.9 Å². The first-order valence-electron chi connectivity index (χ1n) is 24.1. The Bertz CT molecular complexity index is 2670. The monoisotopic (exact) mass is 833 g/mol. The fraction of sp³-hybridized carbons (Fsp3) is 0.404. The molecular weight excluding hydrogens is 757 g/mol. The van der Waals surface area contributed by atoms with Gasteiger partial charge in [0.15, 0.2) is 0 Å². The molecule has 0 radical (unpaired) electrons. The Morgan fingerprint density at radius 3 is 1.26 bits per heavy atom. The fourth-order valence-electron chi connectivity index (χ4n) is 7.93. The van der Waals surface area contributed by atoms with Crippen LogP contribution < -0.4 is 9.92 Å². The number of hydrogen-bond donors (Lipinski definition) is 0. The van der Waals surface area contributed by atoms with Crippen molar-refractivity contribution < 1.29 is 10.2 Å². The van der Waals surface area contributed by atoms with Crippen molar-refractivity contribution in [2.24, 2.45) is 0 Å². The summed E-state index contributed by atoms with van der Waals surface area (Å²) in [6.07, 6.45) is 3.69. The van der Waals surface area contributed by atoms with Gasteiger partial charge in [0.2, 0.25) is 0 Å². The van der Waals surface area contributed by atoms with Crippen LogP contribution in [0.4, 0.5) is 0 Å². The van der Waals surface area contributed by atoms with Crippen LogP contribution in [0.5, 0.6) is 11.5 Å². The quantitative estimate of drug-likeness (QED) is 0.122. The average molecular weight is 833 g/mol. The highest BCUT2D eigenvalue weighted by Gasteiger charge is 2.25. The summed E-state index contributed by atoms with van der Waals surface area (Å²) in [7, 11) is -2.23. The Balaban J connectivity index is 1.53. The van der Waals surface area contributed by atoms with Crippen LogP contribution in [0.2, 0.25) is 19.6 Å². The van der Waals surface area contributed by atoms with Crippen molar-refractivity contribution in [2.75, 3.05) is 0 Å². The second kappa shape index (κ2) is 17.5. The Hall–Kier alpha value is -4.80. The number of pyridine rings is 2. The van der Waals surface area contributed by atoms with Crippen LogP contribution in [0.1, 0.15) is 159 Å². The summed E-state index contributed by atoms with van der Waals surface area (Å²) in [6, 6.07) is 28.2. The van der Waals surface area contributed by atoms with Gasteiger partial charge in [-0.15, -0.1) is 0 Å². The average Bonchev–Trinajstić information content (AvgIpc) is 3.18. The summed E-state index contributed by atoms with van der Waals surface area (Å²) in [6.45, 7) is 35.9. The highest BCUT2D eigenvalue weighted by molar-refractivity contribution is 6.88. The maximum Gasteiger partial charge on any atom is 0.128 e. The van der Waals surface area contributed by atoms with Gasteiger partial charge in [0.05, 0.1) is 22.2 Å². The van der Waals surface area contributed by atoms with Crippen LogP contribution in [0.25, 0.3) is 44.8 Å². The molecule has 2 aromatic heterocycles. The third-order valence-corrected chi connectivity index (χ3v) is 13.3. The number of benzene rings is 4. The zero-order valence-corrected chi connectivity index (χ0v) is 41.1. The molecule has 4 aromatic carbocycles. The van der Waals surface area contributed by atoms with Gasteiger partial charge in [0.1, 0.15) is 11.5 Å². The van der Waals surface area contributed by atoms with E-state index in [0.717, 1.165) is 39.1 Å². The number of hydrogen-bond acceptors (Lipinski definition) is 3.